The smallest absolute Gasteiger partial charge is 0.279 e. The van der Waals surface area contributed by atoms with E-state index in [2.05, 4.69) is 5.10 Å². The lowest BCUT2D eigenvalue weighted by atomic mass is 9.78. The number of hydrogen-bond acceptors (Lipinski definition) is 3. The number of carbonyl (C=O) groups excluding carboxylic acids is 2. The number of nitrogens with zero attached hydrogens (tertiary/aromatic N) is 1. The van der Waals surface area contributed by atoms with E-state index in [-0.39, 0.29) is 28.3 Å². The molecule has 1 aliphatic rings. The summed E-state index contributed by atoms with van der Waals surface area (Å²) >= 11 is 0. The zero-order valence-electron chi connectivity index (χ0n) is 15.7. The molecule has 1 N–H and O–H groups in total. The van der Waals surface area contributed by atoms with Crippen LogP contribution in [0.15, 0.2) is 71.5 Å². The lowest BCUT2D eigenvalue weighted by Crippen LogP contribution is -2.33. The van der Waals surface area contributed by atoms with Crippen molar-refractivity contribution in [3.05, 3.63) is 93.9 Å². The molecule has 140 valence electrons. The van der Waals surface area contributed by atoms with Crippen LogP contribution in [0.5, 0.6) is 0 Å². The number of benzene rings is 2. The Balaban J connectivity index is 1.74. The van der Waals surface area contributed by atoms with Crippen molar-refractivity contribution < 1.29 is 9.59 Å². The lowest BCUT2D eigenvalue weighted by molar-refractivity contribution is -0.131. The van der Waals surface area contributed by atoms with Gasteiger partial charge in [-0.05, 0) is 44.0 Å². The molecule has 3 aromatic rings. The van der Waals surface area contributed by atoms with Crippen LogP contribution in [-0.2, 0) is 16.0 Å². The van der Waals surface area contributed by atoms with Gasteiger partial charge in [0.25, 0.3) is 5.56 Å². The summed E-state index contributed by atoms with van der Waals surface area (Å²) in [5.74, 6) is -0.566. The van der Waals surface area contributed by atoms with Crippen LogP contribution in [0.25, 0.3) is 11.3 Å². The minimum absolute atomic E-state index is 0.192. The van der Waals surface area contributed by atoms with Gasteiger partial charge in [0.05, 0.1) is 16.7 Å². The highest BCUT2D eigenvalue weighted by Crippen LogP contribution is 2.38. The fraction of sp³-hybridized carbons (Fsp3) is 0.174. The molecule has 4 rings (SSSR count). The van der Waals surface area contributed by atoms with Crippen molar-refractivity contribution in [2.75, 3.05) is 0 Å². The summed E-state index contributed by atoms with van der Waals surface area (Å²) in [6, 6.07) is 18.6. The number of ketones is 2. The Hall–Kier alpha value is -3.47. The average molecular weight is 372 g/mol. The van der Waals surface area contributed by atoms with Crippen molar-refractivity contribution in [2.24, 2.45) is 5.41 Å². The number of carbonyl (C=O) groups is 2. The SMILES string of the molecule is Cc1[nH]n(-c2ccccc2)c(=O)c1C1=CC(=O)[C@@](C)(Cc2ccccc2)C1=O. The average Bonchev–Trinajstić information content (AvgIpc) is 3.11. The van der Waals surface area contributed by atoms with Crippen LogP contribution in [0.1, 0.15) is 23.7 Å². The van der Waals surface area contributed by atoms with E-state index in [0.717, 1.165) is 5.56 Å². The van der Waals surface area contributed by atoms with Gasteiger partial charge in [-0.15, -0.1) is 0 Å². The van der Waals surface area contributed by atoms with Crippen molar-refractivity contribution in [1.29, 1.82) is 0 Å². The molecule has 2 aromatic carbocycles. The summed E-state index contributed by atoms with van der Waals surface area (Å²) in [6.45, 7) is 3.40. The summed E-state index contributed by atoms with van der Waals surface area (Å²) in [5, 5.41) is 3.02. The largest absolute Gasteiger partial charge is 0.295 e. The molecule has 0 aliphatic heterocycles. The van der Waals surface area contributed by atoms with Gasteiger partial charge in [0.15, 0.2) is 11.6 Å². The molecule has 5 heteroatoms. The number of rotatable bonds is 4. The fourth-order valence-corrected chi connectivity index (χ4v) is 3.74. The van der Waals surface area contributed by atoms with Crippen LogP contribution in [0.2, 0.25) is 0 Å². The van der Waals surface area contributed by atoms with Gasteiger partial charge in [0.1, 0.15) is 0 Å². The lowest BCUT2D eigenvalue weighted by Gasteiger charge is -2.21. The Bertz CT molecular complexity index is 1150. The number of nitrogens with one attached hydrogen (secondary N) is 1. The number of aromatic nitrogens is 2. The van der Waals surface area contributed by atoms with Crippen LogP contribution in [-0.4, -0.2) is 21.3 Å². The maximum Gasteiger partial charge on any atom is 0.279 e. The van der Waals surface area contributed by atoms with Crippen molar-refractivity contribution in [2.45, 2.75) is 20.3 Å². The number of Topliss-reactive ketones (excluding diaryl/α,β-unsaturated/α-hetero) is 1. The zero-order chi connectivity index (χ0) is 19.9. The molecule has 1 heterocycles. The van der Waals surface area contributed by atoms with Crippen LogP contribution >= 0.6 is 0 Å². The first kappa shape index (κ1) is 17.9. The molecule has 0 saturated heterocycles. The fourth-order valence-electron chi connectivity index (χ4n) is 3.74. The molecule has 0 fully saturated rings. The highest BCUT2D eigenvalue weighted by molar-refractivity contribution is 6.39. The van der Waals surface area contributed by atoms with Gasteiger partial charge in [-0.25, -0.2) is 4.68 Å². The van der Waals surface area contributed by atoms with E-state index in [1.54, 1.807) is 26.0 Å². The Morgan fingerprint density at radius 1 is 0.929 bits per heavy atom. The second-order valence-electron chi connectivity index (χ2n) is 7.33. The molecular weight excluding hydrogens is 352 g/mol. The normalized spacial score (nSPS) is 19.1. The third kappa shape index (κ3) is 2.76. The number of allylic oxidation sites excluding steroid dienone is 2. The van der Waals surface area contributed by atoms with Gasteiger partial charge < -0.3 is 0 Å². The molecule has 0 radical (unpaired) electrons. The maximum absolute atomic E-state index is 13.2. The maximum atomic E-state index is 13.2. The number of hydrogen-bond donors (Lipinski definition) is 1. The third-order valence-corrected chi connectivity index (χ3v) is 5.32. The second-order valence-corrected chi connectivity index (χ2v) is 7.33. The monoisotopic (exact) mass is 372 g/mol. The summed E-state index contributed by atoms with van der Waals surface area (Å²) < 4.78 is 1.40. The minimum Gasteiger partial charge on any atom is -0.295 e. The third-order valence-electron chi connectivity index (χ3n) is 5.32. The van der Waals surface area contributed by atoms with Crippen LogP contribution in [0, 0.1) is 12.3 Å². The van der Waals surface area contributed by atoms with E-state index in [1.165, 1.54) is 10.8 Å². The molecule has 1 atom stereocenters. The molecule has 5 nitrogen and oxygen atoms in total. The number of aromatic amines is 1. The molecule has 0 spiro atoms. The first-order chi connectivity index (χ1) is 13.4. The number of aryl methyl sites for hydroxylation is 1. The van der Waals surface area contributed by atoms with Crippen molar-refractivity contribution >= 4 is 17.1 Å². The molecular formula is C23H20N2O3. The molecule has 0 saturated carbocycles. The van der Waals surface area contributed by atoms with E-state index in [9.17, 15) is 14.4 Å². The number of H-pyrrole nitrogens is 1. The summed E-state index contributed by atoms with van der Waals surface area (Å²) in [6.07, 6.45) is 1.64. The number of para-hydroxylation sites is 1. The standard InChI is InChI=1S/C23H20N2O3/c1-15-20(22(28)25(24-15)17-11-7-4-8-12-17)18-13-19(26)23(2,21(18)27)14-16-9-5-3-6-10-16/h3-13,24H,14H2,1-2H3/t23-/m1/s1. The van der Waals surface area contributed by atoms with E-state index in [4.69, 9.17) is 0 Å². The summed E-state index contributed by atoms with van der Waals surface area (Å²) in [7, 11) is 0. The van der Waals surface area contributed by atoms with Gasteiger partial charge >= 0.3 is 0 Å². The van der Waals surface area contributed by atoms with Gasteiger partial charge in [0, 0.05) is 11.3 Å². The molecule has 0 unspecified atom stereocenters. The van der Waals surface area contributed by atoms with Gasteiger partial charge in [-0.2, -0.15) is 0 Å². The van der Waals surface area contributed by atoms with Crippen molar-refractivity contribution in [3.63, 3.8) is 0 Å². The van der Waals surface area contributed by atoms with E-state index < -0.39 is 5.41 Å². The highest BCUT2D eigenvalue weighted by Gasteiger charge is 2.47. The Morgan fingerprint density at radius 3 is 2.18 bits per heavy atom. The minimum atomic E-state index is -1.19. The van der Waals surface area contributed by atoms with Crippen molar-refractivity contribution in [1.82, 2.24) is 9.78 Å². The van der Waals surface area contributed by atoms with Crippen LogP contribution in [0.3, 0.4) is 0 Å². The van der Waals surface area contributed by atoms with Crippen LogP contribution in [0.4, 0.5) is 0 Å². The predicted octanol–water partition coefficient (Wildman–Crippen LogP) is 3.26. The van der Waals surface area contributed by atoms with E-state index >= 15 is 0 Å². The van der Waals surface area contributed by atoms with Crippen molar-refractivity contribution in [3.8, 4) is 5.69 Å². The molecule has 0 bridgehead atoms. The topological polar surface area (TPSA) is 71.9 Å². The Kier molecular flexibility index (Phi) is 4.23. The quantitative estimate of drug-likeness (QED) is 0.715. The Morgan fingerprint density at radius 2 is 1.54 bits per heavy atom. The van der Waals surface area contributed by atoms with Crippen LogP contribution < -0.4 is 5.56 Å². The molecule has 1 aliphatic carbocycles. The van der Waals surface area contributed by atoms with E-state index in [0.29, 0.717) is 17.8 Å². The van der Waals surface area contributed by atoms with Gasteiger partial charge in [-0.3, -0.25) is 19.5 Å². The first-order valence-electron chi connectivity index (χ1n) is 9.14. The molecule has 28 heavy (non-hydrogen) atoms. The molecule has 0 amide bonds. The second kappa shape index (κ2) is 6.60. The Labute approximate surface area is 162 Å². The summed E-state index contributed by atoms with van der Waals surface area (Å²) in [4.78, 5) is 39.0. The zero-order valence-corrected chi connectivity index (χ0v) is 15.7. The molecule has 1 aromatic heterocycles. The van der Waals surface area contributed by atoms with Gasteiger partial charge in [0.2, 0.25) is 0 Å². The first-order valence-corrected chi connectivity index (χ1v) is 9.14. The van der Waals surface area contributed by atoms with Gasteiger partial charge in [-0.1, -0.05) is 48.5 Å². The predicted molar refractivity (Wildman–Crippen MR) is 107 cm³/mol. The summed E-state index contributed by atoms with van der Waals surface area (Å²) in [5.41, 5.74) is 1.07. The van der Waals surface area contributed by atoms with E-state index in [1.807, 2.05) is 48.5 Å². The highest BCUT2D eigenvalue weighted by atomic mass is 16.2.